The van der Waals surface area contributed by atoms with Gasteiger partial charge in [-0.25, -0.2) is 4.79 Å². The normalized spacial score (nSPS) is 17.1. The molecule has 6 nitrogen and oxygen atoms in total. The summed E-state index contributed by atoms with van der Waals surface area (Å²) in [6.07, 6.45) is 2.75. The lowest BCUT2D eigenvalue weighted by Crippen LogP contribution is -2.44. The minimum Gasteiger partial charge on any atom is -0.490 e. The summed E-state index contributed by atoms with van der Waals surface area (Å²) < 4.78 is 16.4. The van der Waals surface area contributed by atoms with Gasteiger partial charge in [0.1, 0.15) is 16.9 Å². The highest BCUT2D eigenvalue weighted by Gasteiger charge is 2.48. The minimum atomic E-state index is -0.855. The molecule has 1 aromatic carbocycles. The summed E-state index contributed by atoms with van der Waals surface area (Å²) >= 11 is 0. The van der Waals surface area contributed by atoms with Gasteiger partial charge in [-0.05, 0) is 64.2 Å². The summed E-state index contributed by atoms with van der Waals surface area (Å²) in [6, 6.07) is 4.99. The van der Waals surface area contributed by atoms with E-state index in [0.717, 1.165) is 19.3 Å². The topological polar surface area (TPSA) is 73.9 Å². The van der Waals surface area contributed by atoms with Gasteiger partial charge < -0.3 is 19.5 Å². The van der Waals surface area contributed by atoms with Gasteiger partial charge in [-0.15, -0.1) is 0 Å². The third-order valence-electron chi connectivity index (χ3n) is 4.80. The molecular formula is C20H29NO5. The molecule has 2 rings (SSSR count). The van der Waals surface area contributed by atoms with E-state index in [1.54, 1.807) is 18.2 Å². The molecule has 26 heavy (non-hydrogen) atoms. The number of methoxy groups -OCH3 is 1. The number of rotatable bonds is 9. The van der Waals surface area contributed by atoms with Crippen LogP contribution in [-0.4, -0.2) is 37.3 Å². The standard InChI is InChI=1S/C20H29NO5/c1-6-13(3)26-17-11-10-15(12-16(17)18(22)24-5)21-19(23)20(4,25-7-2)14-8-9-14/h10-14H,6-9H2,1-5H3,(H,21,23)/t13-,20-/m1/s1. The van der Waals surface area contributed by atoms with Crippen molar-refractivity contribution >= 4 is 17.6 Å². The first-order chi connectivity index (χ1) is 12.3. The molecule has 0 aromatic heterocycles. The van der Waals surface area contributed by atoms with Gasteiger partial charge in [0.15, 0.2) is 0 Å². The first-order valence-corrected chi connectivity index (χ1v) is 9.20. The fourth-order valence-corrected chi connectivity index (χ4v) is 2.84. The molecule has 6 heteroatoms. The molecule has 1 amide bonds. The maximum Gasteiger partial charge on any atom is 0.341 e. The highest BCUT2D eigenvalue weighted by atomic mass is 16.5. The molecule has 0 radical (unpaired) electrons. The van der Waals surface area contributed by atoms with Gasteiger partial charge in [0, 0.05) is 12.3 Å². The number of esters is 1. The van der Waals surface area contributed by atoms with Crippen molar-refractivity contribution in [1.29, 1.82) is 0 Å². The number of nitrogens with one attached hydrogen (secondary N) is 1. The molecule has 144 valence electrons. The molecule has 1 aliphatic carbocycles. The fraction of sp³-hybridized carbons (Fsp3) is 0.600. The van der Waals surface area contributed by atoms with Crippen LogP contribution in [0.1, 0.15) is 57.3 Å². The molecule has 2 atom stereocenters. The number of ether oxygens (including phenoxy) is 3. The van der Waals surface area contributed by atoms with Gasteiger partial charge in [0.2, 0.25) is 0 Å². The summed E-state index contributed by atoms with van der Waals surface area (Å²) in [4.78, 5) is 24.9. The van der Waals surface area contributed by atoms with E-state index in [9.17, 15) is 9.59 Å². The van der Waals surface area contributed by atoms with Crippen LogP contribution in [0.3, 0.4) is 0 Å². The highest BCUT2D eigenvalue weighted by molar-refractivity contribution is 5.99. The zero-order chi connectivity index (χ0) is 19.3. The smallest absolute Gasteiger partial charge is 0.341 e. The molecular weight excluding hydrogens is 334 g/mol. The van der Waals surface area contributed by atoms with E-state index < -0.39 is 11.6 Å². The Balaban J connectivity index is 2.23. The summed E-state index contributed by atoms with van der Waals surface area (Å²) in [5.41, 5.74) is -0.0554. The van der Waals surface area contributed by atoms with Crippen molar-refractivity contribution in [3.05, 3.63) is 23.8 Å². The number of anilines is 1. The zero-order valence-corrected chi connectivity index (χ0v) is 16.3. The maximum absolute atomic E-state index is 12.8. The Morgan fingerprint density at radius 3 is 2.54 bits per heavy atom. The second-order valence-electron chi connectivity index (χ2n) is 6.81. The third-order valence-corrected chi connectivity index (χ3v) is 4.80. The van der Waals surface area contributed by atoms with Crippen molar-refractivity contribution in [2.45, 2.75) is 58.7 Å². The average molecular weight is 363 g/mol. The maximum atomic E-state index is 12.8. The average Bonchev–Trinajstić information content (AvgIpc) is 3.47. The van der Waals surface area contributed by atoms with Crippen molar-refractivity contribution in [1.82, 2.24) is 0 Å². The Kier molecular flexibility index (Phi) is 6.64. The Labute approximate surface area is 155 Å². The Bertz CT molecular complexity index is 656. The fourth-order valence-electron chi connectivity index (χ4n) is 2.84. The second kappa shape index (κ2) is 8.54. The second-order valence-corrected chi connectivity index (χ2v) is 6.81. The summed E-state index contributed by atoms with van der Waals surface area (Å²) in [7, 11) is 1.32. The van der Waals surface area contributed by atoms with E-state index in [1.807, 2.05) is 27.7 Å². The summed E-state index contributed by atoms with van der Waals surface area (Å²) in [6.45, 7) is 8.11. The van der Waals surface area contributed by atoms with Gasteiger partial charge in [-0.2, -0.15) is 0 Å². The highest BCUT2D eigenvalue weighted by Crippen LogP contribution is 2.42. The van der Waals surface area contributed by atoms with Crippen molar-refractivity contribution in [3.8, 4) is 5.75 Å². The lowest BCUT2D eigenvalue weighted by Gasteiger charge is -2.28. The third kappa shape index (κ3) is 4.55. The van der Waals surface area contributed by atoms with Gasteiger partial charge in [-0.1, -0.05) is 6.92 Å². The van der Waals surface area contributed by atoms with Crippen LogP contribution in [0.2, 0.25) is 0 Å². The van der Waals surface area contributed by atoms with Gasteiger partial charge >= 0.3 is 5.97 Å². The van der Waals surface area contributed by atoms with Crippen molar-refractivity contribution in [2.24, 2.45) is 5.92 Å². The predicted molar refractivity (Wildman–Crippen MR) is 99.5 cm³/mol. The molecule has 1 saturated carbocycles. The van der Waals surface area contributed by atoms with E-state index in [2.05, 4.69) is 5.32 Å². The Hall–Kier alpha value is -2.08. The molecule has 1 N–H and O–H groups in total. The van der Waals surface area contributed by atoms with Crippen LogP contribution >= 0.6 is 0 Å². The molecule has 0 aliphatic heterocycles. The lowest BCUT2D eigenvalue weighted by atomic mass is 9.98. The van der Waals surface area contributed by atoms with Crippen LogP contribution in [0.25, 0.3) is 0 Å². The monoisotopic (exact) mass is 363 g/mol. The first kappa shape index (κ1) is 20.2. The molecule has 0 saturated heterocycles. The number of carbonyl (C=O) groups is 2. The SMILES string of the molecule is CCO[C@@](C)(C(=O)Nc1ccc(O[C@H](C)CC)c(C(=O)OC)c1)C1CC1. The van der Waals surface area contributed by atoms with Gasteiger partial charge in [0.25, 0.3) is 5.91 Å². The van der Waals surface area contributed by atoms with Gasteiger partial charge in [-0.3, -0.25) is 4.79 Å². The van der Waals surface area contributed by atoms with E-state index >= 15 is 0 Å². The molecule has 0 bridgehead atoms. The van der Waals surface area contributed by atoms with Crippen LogP contribution in [0.5, 0.6) is 5.75 Å². The largest absolute Gasteiger partial charge is 0.490 e. The number of carbonyl (C=O) groups excluding carboxylic acids is 2. The summed E-state index contributed by atoms with van der Waals surface area (Å²) in [5.74, 6) is -0.0306. The van der Waals surface area contributed by atoms with Gasteiger partial charge in [0.05, 0.1) is 13.2 Å². The molecule has 1 aromatic rings. The Morgan fingerprint density at radius 1 is 1.31 bits per heavy atom. The number of benzene rings is 1. The molecule has 0 spiro atoms. The molecule has 0 heterocycles. The van der Waals surface area contributed by atoms with Crippen LogP contribution in [-0.2, 0) is 14.3 Å². The molecule has 1 fully saturated rings. The van der Waals surface area contributed by atoms with Crippen molar-refractivity contribution in [3.63, 3.8) is 0 Å². The Morgan fingerprint density at radius 2 is 2.00 bits per heavy atom. The lowest BCUT2D eigenvalue weighted by molar-refractivity contribution is -0.141. The molecule has 1 aliphatic rings. The zero-order valence-electron chi connectivity index (χ0n) is 16.3. The quantitative estimate of drug-likeness (QED) is 0.676. The van der Waals surface area contributed by atoms with Crippen molar-refractivity contribution < 1.29 is 23.8 Å². The van der Waals surface area contributed by atoms with E-state index in [0.29, 0.717) is 18.0 Å². The van der Waals surface area contributed by atoms with Crippen LogP contribution in [0, 0.1) is 5.92 Å². The summed E-state index contributed by atoms with van der Waals surface area (Å²) in [5, 5.41) is 2.88. The van der Waals surface area contributed by atoms with E-state index in [-0.39, 0.29) is 23.5 Å². The number of hydrogen-bond acceptors (Lipinski definition) is 5. The predicted octanol–water partition coefficient (Wildman–Crippen LogP) is 3.79. The number of hydrogen-bond donors (Lipinski definition) is 1. The minimum absolute atomic E-state index is 0.0324. The molecule has 0 unspecified atom stereocenters. The first-order valence-electron chi connectivity index (χ1n) is 9.20. The number of amides is 1. The van der Waals surface area contributed by atoms with Crippen LogP contribution < -0.4 is 10.1 Å². The van der Waals surface area contributed by atoms with E-state index in [4.69, 9.17) is 14.2 Å². The van der Waals surface area contributed by atoms with E-state index in [1.165, 1.54) is 7.11 Å². The van der Waals surface area contributed by atoms with Crippen LogP contribution in [0.4, 0.5) is 5.69 Å². The van der Waals surface area contributed by atoms with Crippen molar-refractivity contribution in [2.75, 3.05) is 19.0 Å². The van der Waals surface area contributed by atoms with Crippen LogP contribution in [0.15, 0.2) is 18.2 Å².